The first-order chi connectivity index (χ1) is 11.3. The van der Waals surface area contributed by atoms with Crippen molar-refractivity contribution in [2.75, 3.05) is 0 Å². The summed E-state index contributed by atoms with van der Waals surface area (Å²) in [5.74, 6) is -0.235. The van der Waals surface area contributed by atoms with Gasteiger partial charge in [-0.05, 0) is 65.0 Å². The molecule has 1 aliphatic rings. The Kier molecular flexibility index (Phi) is 5.73. The van der Waals surface area contributed by atoms with Crippen LogP contribution in [0.4, 0.5) is 0 Å². The molecule has 0 aliphatic heterocycles. The van der Waals surface area contributed by atoms with E-state index in [4.69, 9.17) is 13.9 Å². The molecular weight excluding hydrogens is 308 g/mol. The molecule has 1 aromatic heterocycles. The predicted octanol–water partition coefficient (Wildman–Crippen LogP) is 4.35. The molecule has 0 spiro atoms. The van der Waals surface area contributed by atoms with Crippen molar-refractivity contribution in [1.82, 2.24) is 0 Å². The van der Waals surface area contributed by atoms with Crippen LogP contribution in [0.5, 0.6) is 0 Å². The summed E-state index contributed by atoms with van der Waals surface area (Å²) in [6, 6.07) is 3.64. The predicted molar refractivity (Wildman–Crippen MR) is 89.2 cm³/mol. The van der Waals surface area contributed by atoms with Crippen LogP contribution in [0.15, 0.2) is 22.8 Å². The number of hydrogen-bond acceptors (Lipinski definition) is 5. The fourth-order valence-electron chi connectivity index (χ4n) is 2.85. The van der Waals surface area contributed by atoms with E-state index >= 15 is 0 Å². The van der Waals surface area contributed by atoms with E-state index in [9.17, 15) is 9.59 Å². The smallest absolute Gasteiger partial charge is 0.348 e. The van der Waals surface area contributed by atoms with Crippen LogP contribution in [0.25, 0.3) is 0 Å². The van der Waals surface area contributed by atoms with Crippen molar-refractivity contribution in [3.8, 4) is 0 Å². The highest BCUT2D eigenvalue weighted by Gasteiger charge is 2.42. The van der Waals surface area contributed by atoms with Gasteiger partial charge in [0.25, 0.3) is 0 Å². The molecule has 5 nitrogen and oxygen atoms in total. The van der Waals surface area contributed by atoms with E-state index in [0.717, 1.165) is 32.1 Å². The zero-order valence-corrected chi connectivity index (χ0v) is 15.1. The van der Waals surface area contributed by atoms with Gasteiger partial charge in [0.2, 0.25) is 0 Å². The molecule has 1 atom stereocenters. The molecule has 0 N–H and O–H groups in total. The molecule has 2 rings (SSSR count). The second-order valence-electron chi connectivity index (χ2n) is 7.24. The zero-order chi connectivity index (χ0) is 17.8. The average molecular weight is 336 g/mol. The molecule has 1 fully saturated rings. The summed E-state index contributed by atoms with van der Waals surface area (Å²) >= 11 is 0. The highest BCUT2D eigenvalue weighted by atomic mass is 16.6. The molecule has 134 valence electrons. The number of rotatable bonds is 6. The molecule has 1 unspecified atom stereocenters. The van der Waals surface area contributed by atoms with Gasteiger partial charge in [0.05, 0.1) is 11.7 Å². The maximum atomic E-state index is 12.5. The largest absolute Gasteiger partial charge is 0.465 e. The molecule has 1 heterocycles. The quantitative estimate of drug-likeness (QED) is 0.723. The molecule has 24 heavy (non-hydrogen) atoms. The fourth-order valence-corrected chi connectivity index (χ4v) is 2.85. The second-order valence-corrected chi connectivity index (χ2v) is 7.24. The van der Waals surface area contributed by atoms with Crippen LogP contribution < -0.4 is 0 Å². The summed E-state index contributed by atoms with van der Waals surface area (Å²) in [7, 11) is 0. The van der Waals surface area contributed by atoms with Crippen molar-refractivity contribution >= 4 is 11.9 Å². The number of furan rings is 1. The number of carbonyl (C=O) groups is 2. The number of carbonyl (C=O) groups excluding carboxylic acids is 2. The molecule has 0 radical (unpaired) electrons. The molecule has 0 saturated heterocycles. The van der Waals surface area contributed by atoms with Gasteiger partial charge >= 0.3 is 11.9 Å². The van der Waals surface area contributed by atoms with E-state index in [-0.39, 0.29) is 5.97 Å². The van der Waals surface area contributed by atoms with Crippen LogP contribution in [0.2, 0.25) is 0 Å². The van der Waals surface area contributed by atoms with E-state index in [1.807, 2.05) is 13.0 Å². The Labute approximate surface area is 143 Å². The van der Waals surface area contributed by atoms with E-state index in [1.165, 1.54) is 0 Å². The molecule has 1 saturated carbocycles. The summed E-state index contributed by atoms with van der Waals surface area (Å²) in [5.41, 5.74) is -1.35. The number of ether oxygens (including phenoxy) is 2. The summed E-state index contributed by atoms with van der Waals surface area (Å²) in [6.45, 7) is 7.08. The number of hydrogen-bond donors (Lipinski definition) is 0. The van der Waals surface area contributed by atoms with E-state index in [0.29, 0.717) is 12.2 Å². The van der Waals surface area contributed by atoms with Gasteiger partial charge in [0.1, 0.15) is 5.76 Å². The summed E-state index contributed by atoms with van der Waals surface area (Å²) in [4.78, 5) is 24.7. The third-order valence-corrected chi connectivity index (χ3v) is 4.98. The van der Waals surface area contributed by atoms with Crippen LogP contribution in [-0.4, -0.2) is 18.0 Å². The standard InChI is InChI=1S/C19H28O5/c1-5-18(3,4)17(21)23-14(2)16(20)24-19(11-7-6-8-12-19)15-10-9-13-22-15/h9-10,13-14H,5-8,11-12H2,1-4H3. The molecule has 0 bridgehead atoms. The van der Waals surface area contributed by atoms with Gasteiger partial charge in [0.15, 0.2) is 11.7 Å². The van der Waals surface area contributed by atoms with Crippen LogP contribution in [0.1, 0.15) is 72.0 Å². The first kappa shape index (κ1) is 18.6. The average Bonchev–Trinajstić information content (AvgIpc) is 3.10. The first-order valence-electron chi connectivity index (χ1n) is 8.79. The fraction of sp³-hybridized carbons (Fsp3) is 0.684. The minimum Gasteiger partial charge on any atom is -0.465 e. The third kappa shape index (κ3) is 4.00. The lowest BCUT2D eigenvalue weighted by atomic mass is 9.82. The van der Waals surface area contributed by atoms with Crippen molar-refractivity contribution < 1.29 is 23.5 Å². The highest BCUT2D eigenvalue weighted by molar-refractivity contribution is 5.81. The van der Waals surface area contributed by atoms with Gasteiger partial charge < -0.3 is 13.9 Å². The van der Waals surface area contributed by atoms with Gasteiger partial charge in [-0.3, -0.25) is 4.79 Å². The Balaban J connectivity index is 2.07. The monoisotopic (exact) mass is 336 g/mol. The second kappa shape index (κ2) is 7.41. The zero-order valence-electron chi connectivity index (χ0n) is 15.1. The number of esters is 2. The third-order valence-electron chi connectivity index (χ3n) is 4.98. The Morgan fingerprint density at radius 2 is 1.96 bits per heavy atom. The molecular formula is C19H28O5. The van der Waals surface area contributed by atoms with Crippen molar-refractivity contribution in [2.45, 2.75) is 77.9 Å². The Morgan fingerprint density at radius 3 is 2.50 bits per heavy atom. The van der Waals surface area contributed by atoms with E-state index in [1.54, 1.807) is 33.1 Å². The maximum absolute atomic E-state index is 12.5. The summed E-state index contributed by atoms with van der Waals surface area (Å²) in [5, 5.41) is 0. The summed E-state index contributed by atoms with van der Waals surface area (Å²) < 4.78 is 16.7. The van der Waals surface area contributed by atoms with Crippen molar-refractivity contribution in [3.05, 3.63) is 24.2 Å². The Hall–Kier alpha value is -1.78. The van der Waals surface area contributed by atoms with Gasteiger partial charge in [-0.1, -0.05) is 13.3 Å². The highest BCUT2D eigenvalue weighted by Crippen LogP contribution is 2.41. The van der Waals surface area contributed by atoms with Gasteiger partial charge in [-0.15, -0.1) is 0 Å². The Bertz CT molecular complexity index is 552. The first-order valence-corrected chi connectivity index (χ1v) is 8.79. The van der Waals surface area contributed by atoms with Gasteiger partial charge in [-0.25, -0.2) is 4.79 Å². The minimum atomic E-state index is -0.933. The van der Waals surface area contributed by atoms with Crippen LogP contribution in [-0.2, 0) is 24.7 Å². The van der Waals surface area contributed by atoms with Crippen molar-refractivity contribution in [1.29, 1.82) is 0 Å². The van der Waals surface area contributed by atoms with Crippen LogP contribution in [0.3, 0.4) is 0 Å². The molecule has 5 heteroatoms. The molecule has 1 aromatic rings. The lowest BCUT2D eigenvalue weighted by Crippen LogP contribution is -2.40. The summed E-state index contributed by atoms with van der Waals surface area (Å²) in [6.07, 6.45) is 5.83. The lowest BCUT2D eigenvalue weighted by molar-refractivity contribution is -0.187. The van der Waals surface area contributed by atoms with Crippen LogP contribution in [0, 0.1) is 5.41 Å². The van der Waals surface area contributed by atoms with Crippen molar-refractivity contribution in [2.24, 2.45) is 5.41 Å². The SMILES string of the molecule is CCC(C)(C)C(=O)OC(C)C(=O)OC1(c2ccco2)CCCCC1. The lowest BCUT2D eigenvalue weighted by Gasteiger charge is -2.35. The van der Waals surface area contributed by atoms with Gasteiger partial charge in [0, 0.05) is 0 Å². The molecule has 0 amide bonds. The van der Waals surface area contributed by atoms with Crippen LogP contribution >= 0.6 is 0 Å². The van der Waals surface area contributed by atoms with Crippen molar-refractivity contribution in [3.63, 3.8) is 0 Å². The Morgan fingerprint density at radius 1 is 1.29 bits per heavy atom. The molecule has 0 aromatic carbocycles. The van der Waals surface area contributed by atoms with E-state index < -0.39 is 23.1 Å². The minimum absolute atomic E-state index is 0.384. The maximum Gasteiger partial charge on any atom is 0.348 e. The van der Waals surface area contributed by atoms with E-state index in [2.05, 4.69) is 0 Å². The molecule has 1 aliphatic carbocycles. The normalized spacial score (nSPS) is 18.7. The van der Waals surface area contributed by atoms with Gasteiger partial charge in [-0.2, -0.15) is 0 Å². The topological polar surface area (TPSA) is 65.7 Å².